The third kappa shape index (κ3) is 3.48. The summed E-state index contributed by atoms with van der Waals surface area (Å²) in [6, 6.07) is 21.3. The molecule has 0 spiro atoms. The summed E-state index contributed by atoms with van der Waals surface area (Å²) in [6.07, 6.45) is 1.07. The molecule has 0 fully saturated rings. The topological polar surface area (TPSA) is 21.3 Å². The number of hydrogen-bond acceptors (Lipinski definition) is 2. The molecule has 0 aliphatic carbocycles. The SMILES string of the molecule is CCOc1ccc2ccccc2c1CNc1ccc(CC)cc1. The van der Waals surface area contributed by atoms with E-state index in [0.717, 1.165) is 24.4 Å². The van der Waals surface area contributed by atoms with Gasteiger partial charge in [0, 0.05) is 17.8 Å². The molecule has 118 valence electrons. The van der Waals surface area contributed by atoms with Crippen molar-refractivity contribution >= 4 is 16.5 Å². The van der Waals surface area contributed by atoms with Crippen molar-refractivity contribution in [2.45, 2.75) is 26.8 Å². The molecule has 0 heterocycles. The number of benzene rings is 3. The van der Waals surface area contributed by atoms with Crippen molar-refractivity contribution < 1.29 is 4.74 Å². The Bertz CT molecular complexity index is 777. The largest absolute Gasteiger partial charge is 0.494 e. The van der Waals surface area contributed by atoms with Gasteiger partial charge in [-0.2, -0.15) is 0 Å². The molecule has 3 aromatic rings. The van der Waals surface area contributed by atoms with Gasteiger partial charge in [-0.15, -0.1) is 0 Å². The van der Waals surface area contributed by atoms with Crippen molar-refractivity contribution in [3.63, 3.8) is 0 Å². The van der Waals surface area contributed by atoms with Gasteiger partial charge in [0.15, 0.2) is 0 Å². The van der Waals surface area contributed by atoms with Crippen LogP contribution in [-0.2, 0) is 13.0 Å². The summed E-state index contributed by atoms with van der Waals surface area (Å²) in [5.74, 6) is 0.962. The van der Waals surface area contributed by atoms with Crippen LogP contribution < -0.4 is 10.1 Å². The van der Waals surface area contributed by atoms with E-state index in [4.69, 9.17) is 4.74 Å². The third-order valence-corrected chi connectivity index (χ3v) is 4.13. The Kier molecular flexibility index (Phi) is 4.82. The van der Waals surface area contributed by atoms with E-state index in [0.29, 0.717) is 6.61 Å². The third-order valence-electron chi connectivity index (χ3n) is 4.13. The number of anilines is 1. The van der Waals surface area contributed by atoms with Crippen molar-refractivity contribution in [1.82, 2.24) is 0 Å². The lowest BCUT2D eigenvalue weighted by molar-refractivity contribution is 0.337. The summed E-state index contributed by atoms with van der Waals surface area (Å²) in [5.41, 5.74) is 3.71. The van der Waals surface area contributed by atoms with Gasteiger partial charge in [0.1, 0.15) is 5.75 Å². The van der Waals surface area contributed by atoms with E-state index in [1.165, 1.54) is 21.9 Å². The molecule has 0 unspecified atom stereocenters. The number of nitrogens with one attached hydrogen (secondary N) is 1. The highest BCUT2D eigenvalue weighted by molar-refractivity contribution is 5.88. The second-order valence-electron chi connectivity index (χ2n) is 5.60. The predicted octanol–water partition coefficient (Wildman–Crippen LogP) is 5.41. The van der Waals surface area contributed by atoms with Crippen LogP contribution in [0.3, 0.4) is 0 Å². The smallest absolute Gasteiger partial charge is 0.124 e. The fraction of sp³-hybridized carbons (Fsp3) is 0.238. The summed E-state index contributed by atoms with van der Waals surface area (Å²) in [5, 5.41) is 6.01. The van der Waals surface area contributed by atoms with Crippen molar-refractivity contribution in [2.24, 2.45) is 0 Å². The first kappa shape index (κ1) is 15.4. The Labute approximate surface area is 138 Å². The van der Waals surface area contributed by atoms with Crippen LogP contribution in [-0.4, -0.2) is 6.61 Å². The Morgan fingerprint density at radius 2 is 1.65 bits per heavy atom. The molecule has 23 heavy (non-hydrogen) atoms. The van der Waals surface area contributed by atoms with Gasteiger partial charge in [0.05, 0.1) is 6.61 Å². The molecular formula is C21H23NO. The zero-order valence-corrected chi connectivity index (χ0v) is 13.8. The lowest BCUT2D eigenvalue weighted by Crippen LogP contribution is -2.04. The molecule has 0 atom stereocenters. The average Bonchev–Trinajstić information content (AvgIpc) is 2.61. The van der Waals surface area contributed by atoms with Crippen LogP contribution in [0, 0.1) is 0 Å². The summed E-state index contributed by atoms with van der Waals surface area (Å²) in [6.45, 7) is 5.63. The second kappa shape index (κ2) is 7.19. The van der Waals surface area contributed by atoms with Crippen LogP contribution in [0.2, 0.25) is 0 Å². The Morgan fingerprint density at radius 1 is 0.870 bits per heavy atom. The minimum absolute atomic E-state index is 0.677. The van der Waals surface area contributed by atoms with Crippen molar-refractivity contribution in [3.05, 3.63) is 71.8 Å². The number of ether oxygens (including phenoxy) is 1. The molecule has 0 radical (unpaired) electrons. The highest BCUT2D eigenvalue weighted by Gasteiger charge is 2.08. The van der Waals surface area contributed by atoms with Gasteiger partial charge in [-0.3, -0.25) is 0 Å². The van der Waals surface area contributed by atoms with Crippen LogP contribution >= 0.6 is 0 Å². The van der Waals surface area contributed by atoms with Gasteiger partial charge in [-0.25, -0.2) is 0 Å². The maximum Gasteiger partial charge on any atom is 0.124 e. The van der Waals surface area contributed by atoms with Crippen LogP contribution in [0.15, 0.2) is 60.7 Å². The van der Waals surface area contributed by atoms with Gasteiger partial charge in [0.2, 0.25) is 0 Å². The molecule has 3 rings (SSSR count). The van der Waals surface area contributed by atoms with E-state index in [-0.39, 0.29) is 0 Å². The first-order valence-electron chi connectivity index (χ1n) is 8.28. The van der Waals surface area contributed by atoms with E-state index < -0.39 is 0 Å². The molecular weight excluding hydrogens is 282 g/mol. The van der Waals surface area contributed by atoms with E-state index in [1.807, 2.05) is 6.92 Å². The lowest BCUT2D eigenvalue weighted by atomic mass is 10.0. The average molecular weight is 305 g/mol. The second-order valence-corrected chi connectivity index (χ2v) is 5.60. The van der Waals surface area contributed by atoms with Crippen molar-refractivity contribution in [3.8, 4) is 5.75 Å². The van der Waals surface area contributed by atoms with Gasteiger partial charge >= 0.3 is 0 Å². The molecule has 1 N–H and O–H groups in total. The van der Waals surface area contributed by atoms with E-state index in [1.54, 1.807) is 0 Å². The van der Waals surface area contributed by atoms with Crippen LogP contribution in [0.4, 0.5) is 5.69 Å². The van der Waals surface area contributed by atoms with Gasteiger partial charge in [-0.05, 0) is 47.9 Å². The molecule has 0 amide bonds. The maximum absolute atomic E-state index is 5.83. The molecule has 0 aliphatic heterocycles. The van der Waals surface area contributed by atoms with Gasteiger partial charge in [-0.1, -0.05) is 49.4 Å². The van der Waals surface area contributed by atoms with Gasteiger partial charge < -0.3 is 10.1 Å². The highest BCUT2D eigenvalue weighted by atomic mass is 16.5. The highest BCUT2D eigenvalue weighted by Crippen LogP contribution is 2.29. The summed E-state index contributed by atoms with van der Waals surface area (Å²) >= 11 is 0. The number of fused-ring (bicyclic) bond motifs is 1. The Balaban J connectivity index is 1.89. The molecule has 3 aromatic carbocycles. The summed E-state index contributed by atoms with van der Waals surface area (Å²) < 4.78 is 5.83. The minimum atomic E-state index is 0.677. The lowest BCUT2D eigenvalue weighted by Gasteiger charge is -2.15. The fourth-order valence-electron chi connectivity index (χ4n) is 2.84. The van der Waals surface area contributed by atoms with E-state index in [2.05, 4.69) is 72.9 Å². The molecule has 2 nitrogen and oxygen atoms in total. The zero-order valence-electron chi connectivity index (χ0n) is 13.8. The first-order valence-corrected chi connectivity index (χ1v) is 8.28. The number of aryl methyl sites for hydroxylation is 1. The molecule has 2 heteroatoms. The van der Waals surface area contributed by atoms with E-state index in [9.17, 15) is 0 Å². The van der Waals surface area contributed by atoms with Crippen molar-refractivity contribution in [1.29, 1.82) is 0 Å². The minimum Gasteiger partial charge on any atom is -0.494 e. The standard InChI is InChI=1S/C21H23NO/c1-3-16-9-12-18(13-10-16)22-15-20-19-8-6-5-7-17(19)11-14-21(20)23-4-2/h5-14,22H,3-4,15H2,1-2H3. The zero-order chi connectivity index (χ0) is 16.1. The molecule has 0 aliphatic rings. The quantitative estimate of drug-likeness (QED) is 0.657. The monoisotopic (exact) mass is 305 g/mol. The molecule has 0 bridgehead atoms. The normalized spacial score (nSPS) is 10.7. The predicted molar refractivity (Wildman–Crippen MR) is 98.3 cm³/mol. The van der Waals surface area contributed by atoms with Crippen LogP contribution in [0.5, 0.6) is 5.75 Å². The van der Waals surface area contributed by atoms with Gasteiger partial charge in [0.25, 0.3) is 0 Å². The number of hydrogen-bond donors (Lipinski definition) is 1. The first-order chi connectivity index (χ1) is 11.3. The van der Waals surface area contributed by atoms with Crippen LogP contribution in [0.25, 0.3) is 10.8 Å². The van der Waals surface area contributed by atoms with Crippen LogP contribution in [0.1, 0.15) is 25.0 Å². The van der Waals surface area contributed by atoms with Crippen molar-refractivity contribution in [2.75, 3.05) is 11.9 Å². The Hall–Kier alpha value is -2.48. The molecule has 0 saturated carbocycles. The number of rotatable bonds is 6. The molecule has 0 aromatic heterocycles. The molecule has 0 saturated heterocycles. The van der Waals surface area contributed by atoms with E-state index >= 15 is 0 Å². The summed E-state index contributed by atoms with van der Waals surface area (Å²) in [7, 11) is 0. The Morgan fingerprint density at radius 3 is 2.39 bits per heavy atom. The fourth-order valence-corrected chi connectivity index (χ4v) is 2.84. The summed E-state index contributed by atoms with van der Waals surface area (Å²) in [4.78, 5) is 0. The maximum atomic E-state index is 5.83.